The van der Waals surface area contributed by atoms with Gasteiger partial charge in [-0.05, 0) is 6.92 Å². The van der Waals surface area contributed by atoms with Crippen LogP contribution in [-0.4, -0.2) is 25.0 Å². The average Bonchev–Trinajstić information content (AvgIpc) is 3.04. The van der Waals surface area contributed by atoms with Crippen molar-refractivity contribution >= 4 is 16.4 Å². The first-order valence-corrected chi connectivity index (χ1v) is 5.86. The first kappa shape index (κ1) is 10.2. The summed E-state index contributed by atoms with van der Waals surface area (Å²) in [6, 6.07) is 9.74. The number of benzene rings is 1. The second-order valence-electron chi connectivity index (χ2n) is 4.32. The molecule has 0 aliphatic rings. The van der Waals surface area contributed by atoms with Gasteiger partial charge in [0.15, 0.2) is 5.65 Å². The van der Waals surface area contributed by atoms with E-state index in [1.807, 2.05) is 37.3 Å². The lowest BCUT2D eigenvalue weighted by molar-refractivity contribution is 0.423. The molecule has 1 aromatic carbocycles. The molecule has 0 aliphatic heterocycles. The quantitative estimate of drug-likeness (QED) is 0.519. The van der Waals surface area contributed by atoms with Crippen LogP contribution < -0.4 is 0 Å². The lowest BCUT2D eigenvalue weighted by Gasteiger charge is -1.98. The molecule has 3 aromatic heterocycles. The number of fused-ring (bicyclic) bond motifs is 3. The average molecular weight is 251 g/mol. The first-order valence-electron chi connectivity index (χ1n) is 5.86. The molecule has 0 amide bonds. The van der Waals surface area contributed by atoms with Crippen LogP contribution in [0.5, 0.6) is 0 Å². The van der Waals surface area contributed by atoms with Gasteiger partial charge in [0.1, 0.15) is 0 Å². The third-order valence-electron chi connectivity index (χ3n) is 3.00. The highest BCUT2D eigenvalue weighted by Gasteiger charge is 2.15. The van der Waals surface area contributed by atoms with Gasteiger partial charge >= 0.3 is 0 Å². The minimum Gasteiger partial charge on any atom is -0.353 e. The van der Waals surface area contributed by atoms with E-state index in [-0.39, 0.29) is 0 Å². The van der Waals surface area contributed by atoms with Gasteiger partial charge in [-0.3, -0.25) is 0 Å². The second-order valence-corrected chi connectivity index (χ2v) is 4.32. The maximum absolute atomic E-state index is 5.22. The van der Waals surface area contributed by atoms with E-state index in [1.54, 1.807) is 10.7 Å². The van der Waals surface area contributed by atoms with E-state index in [1.165, 1.54) is 0 Å². The summed E-state index contributed by atoms with van der Waals surface area (Å²) in [5.41, 5.74) is 1.51. The predicted octanol–water partition coefficient (Wildman–Crippen LogP) is 2.24. The number of nitrogens with zero attached hydrogens (tertiary/aromatic N) is 5. The van der Waals surface area contributed by atoms with Crippen molar-refractivity contribution in [3.63, 3.8) is 0 Å². The Labute approximate surface area is 107 Å². The summed E-state index contributed by atoms with van der Waals surface area (Å²) in [4.78, 5) is 0. The maximum atomic E-state index is 5.22. The highest BCUT2D eigenvalue weighted by atomic mass is 16.5. The number of hydrogen-bond donors (Lipinski definition) is 0. The fourth-order valence-electron chi connectivity index (χ4n) is 2.11. The van der Waals surface area contributed by atoms with Crippen LogP contribution in [0.15, 0.2) is 41.1 Å². The first-order chi connectivity index (χ1) is 9.33. The largest absolute Gasteiger partial charge is 0.353 e. The zero-order valence-electron chi connectivity index (χ0n) is 10.1. The normalized spacial score (nSPS) is 11.4. The molecule has 0 aliphatic carbocycles. The Bertz CT molecular complexity index is 892. The monoisotopic (exact) mass is 251 g/mol. The van der Waals surface area contributed by atoms with E-state index < -0.39 is 0 Å². The minimum atomic E-state index is 0.557. The van der Waals surface area contributed by atoms with Gasteiger partial charge in [-0.1, -0.05) is 29.4 Å². The standard InChI is InChI=1S/C13H9N5O/c1-8-6-11(19-17-8)13-16-15-12-10-5-3-2-4-9(10)7-14-18(12)13/h2-7H,1H3. The predicted molar refractivity (Wildman–Crippen MR) is 68.5 cm³/mol. The van der Waals surface area contributed by atoms with E-state index in [4.69, 9.17) is 4.52 Å². The van der Waals surface area contributed by atoms with Crippen molar-refractivity contribution in [2.24, 2.45) is 0 Å². The van der Waals surface area contributed by atoms with Gasteiger partial charge in [-0.15, -0.1) is 10.2 Å². The van der Waals surface area contributed by atoms with Crippen LogP contribution in [0.25, 0.3) is 28.0 Å². The lowest BCUT2D eigenvalue weighted by Crippen LogP contribution is -1.94. The van der Waals surface area contributed by atoms with Gasteiger partial charge < -0.3 is 4.52 Å². The van der Waals surface area contributed by atoms with E-state index in [0.717, 1.165) is 16.5 Å². The van der Waals surface area contributed by atoms with Crippen LogP contribution >= 0.6 is 0 Å². The summed E-state index contributed by atoms with van der Waals surface area (Å²) >= 11 is 0. The van der Waals surface area contributed by atoms with Crippen LogP contribution in [-0.2, 0) is 0 Å². The third kappa shape index (κ3) is 1.43. The molecule has 0 saturated heterocycles. The van der Waals surface area contributed by atoms with Crippen molar-refractivity contribution in [3.8, 4) is 11.6 Å². The molecule has 0 spiro atoms. The molecule has 0 fully saturated rings. The van der Waals surface area contributed by atoms with Gasteiger partial charge in [-0.2, -0.15) is 9.61 Å². The number of rotatable bonds is 1. The van der Waals surface area contributed by atoms with E-state index in [0.29, 0.717) is 17.2 Å². The summed E-state index contributed by atoms with van der Waals surface area (Å²) in [7, 11) is 0. The summed E-state index contributed by atoms with van der Waals surface area (Å²) in [5.74, 6) is 1.12. The van der Waals surface area contributed by atoms with Crippen molar-refractivity contribution in [1.29, 1.82) is 0 Å². The molecule has 0 unspecified atom stereocenters. The Hall–Kier alpha value is -2.76. The highest BCUT2D eigenvalue weighted by Crippen LogP contribution is 2.22. The number of aryl methyl sites for hydroxylation is 1. The number of aromatic nitrogens is 5. The molecule has 0 saturated carbocycles. The van der Waals surface area contributed by atoms with E-state index >= 15 is 0 Å². The van der Waals surface area contributed by atoms with Gasteiger partial charge in [0.25, 0.3) is 0 Å². The Morgan fingerprint density at radius 2 is 2.05 bits per heavy atom. The minimum absolute atomic E-state index is 0.557. The van der Waals surface area contributed by atoms with Crippen molar-refractivity contribution in [1.82, 2.24) is 25.0 Å². The maximum Gasteiger partial charge on any atom is 0.223 e. The highest BCUT2D eigenvalue weighted by molar-refractivity contribution is 5.93. The Morgan fingerprint density at radius 3 is 2.89 bits per heavy atom. The second kappa shape index (κ2) is 3.61. The van der Waals surface area contributed by atoms with Crippen molar-refractivity contribution in [2.75, 3.05) is 0 Å². The molecule has 0 radical (unpaired) electrons. The molecule has 4 rings (SSSR count). The summed E-state index contributed by atoms with van der Waals surface area (Å²) in [6.07, 6.45) is 1.79. The Balaban J connectivity index is 2.07. The third-order valence-corrected chi connectivity index (χ3v) is 3.00. The molecule has 0 atom stereocenters. The summed E-state index contributed by atoms with van der Waals surface area (Å²) in [5, 5.41) is 18.6. The van der Waals surface area contributed by atoms with Crippen LogP contribution in [0.2, 0.25) is 0 Å². The SMILES string of the molecule is Cc1cc(-c2nnc3c4ccccc4cnn23)on1. The van der Waals surface area contributed by atoms with Crippen molar-refractivity contribution in [2.45, 2.75) is 6.92 Å². The van der Waals surface area contributed by atoms with E-state index in [2.05, 4.69) is 20.5 Å². The summed E-state index contributed by atoms with van der Waals surface area (Å²) < 4.78 is 6.88. The Morgan fingerprint density at radius 1 is 1.16 bits per heavy atom. The van der Waals surface area contributed by atoms with Gasteiger partial charge in [-0.25, -0.2) is 0 Å². The molecule has 92 valence electrons. The fraction of sp³-hybridized carbons (Fsp3) is 0.0769. The topological polar surface area (TPSA) is 69.1 Å². The fourth-order valence-corrected chi connectivity index (χ4v) is 2.11. The van der Waals surface area contributed by atoms with Gasteiger partial charge in [0, 0.05) is 16.8 Å². The van der Waals surface area contributed by atoms with Crippen LogP contribution in [0.3, 0.4) is 0 Å². The molecule has 6 heteroatoms. The van der Waals surface area contributed by atoms with Gasteiger partial charge in [0.05, 0.1) is 11.9 Å². The molecule has 0 N–H and O–H groups in total. The van der Waals surface area contributed by atoms with Crippen LogP contribution in [0.4, 0.5) is 0 Å². The lowest BCUT2D eigenvalue weighted by atomic mass is 10.2. The summed E-state index contributed by atoms with van der Waals surface area (Å²) in [6.45, 7) is 1.86. The number of hydrogen-bond acceptors (Lipinski definition) is 5. The van der Waals surface area contributed by atoms with Crippen molar-refractivity contribution in [3.05, 3.63) is 42.2 Å². The Kier molecular flexibility index (Phi) is 1.94. The molecule has 6 nitrogen and oxygen atoms in total. The van der Waals surface area contributed by atoms with Crippen molar-refractivity contribution < 1.29 is 4.52 Å². The molecule has 3 heterocycles. The molecule has 4 aromatic rings. The molecular formula is C13H9N5O. The zero-order valence-corrected chi connectivity index (χ0v) is 10.1. The molecule has 0 bridgehead atoms. The van der Waals surface area contributed by atoms with E-state index in [9.17, 15) is 0 Å². The van der Waals surface area contributed by atoms with Crippen LogP contribution in [0, 0.1) is 6.92 Å². The molecular weight excluding hydrogens is 242 g/mol. The zero-order chi connectivity index (χ0) is 12.8. The van der Waals surface area contributed by atoms with Gasteiger partial charge in [0.2, 0.25) is 11.6 Å². The smallest absolute Gasteiger partial charge is 0.223 e. The van der Waals surface area contributed by atoms with Crippen LogP contribution in [0.1, 0.15) is 5.69 Å². The molecule has 19 heavy (non-hydrogen) atoms.